The molecule has 0 saturated heterocycles. The summed E-state index contributed by atoms with van der Waals surface area (Å²) < 4.78 is 14.6. The highest BCUT2D eigenvalue weighted by molar-refractivity contribution is 7.46. The summed E-state index contributed by atoms with van der Waals surface area (Å²) in [6.45, 7) is 0.934. The molecule has 0 spiro atoms. The molecule has 0 aliphatic rings. The Hall–Kier alpha value is -0.990. The van der Waals surface area contributed by atoms with E-state index in [1.807, 2.05) is 0 Å². The van der Waals surface area contributed by atoms with Gasteiger partial charge in [-0.05, 0) is 0 Å². The molecule has 0 aliphatic heterocycles. The summed E-state index contributed by atoms with van der Waals surface area (Å²) in [6.07, 6.45) is 0. The topological polar surface area (TPSA) is 151 Å². The zero-order valence-electron chi connectivity index (χ0n) is 9.25. The van der Waals surface area contributed by atoms with Crippen LogP contribution in [-0.2, 0) is 18.7 Å². The van der Waals surface area contributed by atoms with Gasteiger partial charge < -0.3 is 26.2 Å². The van der Waals surface area contributed by atoms with Crippen molar-refractivity contribution in [2.24, 2.45) is 5.73 Å². The highest BCUT2D eigenvalue weighted by Gasteiger charge is 2.24. The van der Waals surface area contributed by atoms with E-state index in [0.29, 0.717) is 0 Å². The second-order valence-electron chi connectivity index (χ2n) is 3.12. The van der Waals surface area contributed by atoms with Crippen LogP contribution >= 0.6 is 7.82 Å². The van der Waals surface area contributed by atoms with Crippen molar-refractivity contribution < 1.29 is 28.5 Å². The van der Waals surface area contributed by atoms with Gasteiger partial charge >= 0.3 is 7.82 Å². The summed E-state index contributed by atoms with van der Waals surface area (Å²) in [4.78, 5) is 39.2. The number of amides is 2. The van der Waals surface area contributed by atoms with Gasteiger partial charge in [-0.2, -0.15) is 0 Å². The summed E-state index contributed by atoms with van der Waals surface area (Å²) in [6, 6.07) is -1.17. The first kappa shape index (κ1) is 16.0. The number of carbonyl (C=O) groups excluding carboxylic acids is 2. The highest BCUT2D eigenvalue weighted by atomic mass is 31.2. The molecule has 0 aromatic rings. The largest absolute Gasteiger partial charge is 0.469 e. The van der Waals surface area contributed by atoms with Crippen molar-refractivity contribution in [3.8, 4) is 0 Å². The molecular formula is C7H16N3O6P. The fourth-order valence-electron chi connectivity index (χ4n) is 0.918. The normalized spacial score (nSPS) is 12.9. The SMILES string of the molecule is CC(=O)N[C@@H](COP(=O)(O)O)C(=O)NCCN. The van der Waals surface area contributed by atoms with E-state index in [-0.39, 0.29) is 13.1 Å². The van der Waals surface area contributed by atoms with Gasteiger partial charge in [-0.25, -0.2) is 4.57 Å². The van der Waals surface area contributed by atoms with Gasteiger partial charge in [-0.3, -0.25) is 14.1 Å². The second-order valence-corrected chi connectivity index (χ2v) is 4.36. The molecule has 6 N–H and O–H groups in total. The molecule has 0 aliphatic carbocycles. The zero-order chi connectivity index (χ0) is 13.5. The third-order valence-corrected chi connectivity index (χ3v) is 2.03. The van der Waals surface area contributed by atoms with Gasteiger partial charge in [-0.1, -0.05) is 0 Å². The van der Waals surface area contributed by atoms with Crippen molar-refractivity contribution in [3.63, 3.8) is 0 Å². The number of hydrogen-bond acceptors (Lipinski definition) is 5. The van der Waals surface area contributed by atoms with Crippen LogP contribution in [0, 0.1) is 0 Å². The van der Waals surface area contributed by atoms with Gasteiger partial charge in [0.2, 0.25) is 11.8 Å². The number of rotatable bonds is 7. The summed E-state index contributed by atoms with van der Waals surface area (Å²) >= 11 is 0. The van der Waals surface area contributed by atoms with E-state index in [1.165, 1.54) is 6.92 Å². The number of phosphoric acid groups is 1. The second kappa shape index (κ2) is 7.36. The number of nitrogens with two attached hydrogens (primary N) is 1. The van der Waals surface area contributed by atoms with Crippen LogP contribution in [0.1, 0.15) is 6.92 Å². The van der Waals surface area contributed by atoms with E-state index in [2.05, 4.69) is 15.2 Å². The number of phosphoric ester groups is 1. The van der Waals surface area contributed by atoms with Crippen LogP contribution < -0.4 is 16.4 Å². The Labute approximate surface area is 97.9 Å². The Bertz CT molecular complexity index is 317. The van der Waals surface area contributed by atoms with Crippen molar-refractivity contribution in [1.29, 1.82) is 0 Å². The Kier molecular flexibility index (Phi) is 6.93. The van der Waals surface area contributed by atoms with Crippen LogP contribution in [0.2, 0.25) is 0 Å². The molecule has 9 nitrogen and oxygen atoms in total. The first-order valence-corrected chi connectivity index (χ1v) is 6.24. The lowest BCUT2D eigenvalue weighted by molar-refractivity contribution is -0.128. The number of hydrogen-bond donors (Lipinski definition) is 5. The monoisotopic (exact) mass is 269 g/mol. The summed E-state index contributed by atoms with van der Waals surface area (Å²) in [5.74, 6) is -1.15. The minimum Gasteiger partial charge on any atom is -0.353 e. The summed E-state index contributed by atoms with van der Waals surface area (Å²) in [5, 5.41) is 4.56. The van der Waals surface area contributed by atoms with Gasteiger partial charge in [0.15, 0.2) is 0 Å². The molecule has 17 heavy (non-hydrogen) atoms. The van der Waals surface area contributed by atoms with Gasteiger partial charge in [0.25, 0.3) is 0 Å². The minimum absolute atomic E-state index is 0.185. The summed E-state index contributed by atoms with van der Waals surface area (Å²) in [5.41, 5.74) is 5.16. The van der Waals surface area contributed by atoms with Crippen molar-refractivity contribution >= 4 is 19.6 Å². The molecule has 2 amide bonds. The van der Waals surface area contributed by atoms with Crippen molar-refractivity contribution in [1.82, 2.24) is 10.6 Å². The zero-order valence-corrected chi connectivity index (χ0v) is 10.1. The molecule has 0 aromatic heterocycles. The molecular weight excluding hydrogens is 253 g/mol. The molecule has 0 heterocycles. The number of carbonyl (C=O) groups is 2. The van der Waals surface area contributed by atoms with Crippen molar-refractivity contribution in [3.05, 3.63) is 0 Å². The van der Waals surface area contributed by atoms with Gasteiger partial charge in [0, 0.05) is 20.0 Å². The van der Waals surface area contributed by atoms with Crippen LogP contribution in [0.25, 0.3) is 0 Å². The maximum Gasteiger partial charge on any atom is 0.469 e. The Morgan fingerprint density at radius 1 is 1.47 bits per heavy atom. The fourth-order valence-corrected chi connectivity index (χ4v) is 1.26. The first-order chi connectivity index (χ1) is 7.76. The van der Waals surface area contributed by atoms with Crippen LogP contribution in [0.5, 0.6) is 0 Å². The molecule has 10 heteroatoms. The third-order valence-electron chi connectivity index (χ3n) is 1.55. The molecule has 0 rings (SSSR count). The van der Waals surface area contributed by atoms with Crippen molar-refractivity contribution in [2.75, 3.05) is 19.7 Å². The maximum atomic E-state index is 11.4. The molecule has 0 aromatic carbocycles. The molecule has 100 valence electrons. The predicted octanol–water partition coefficient (Wildman–Crippen LogP) is -2.32. The van der Waals surface area contributed by atoms with Gasteiger partial charge in [0.1, 0.15) is 6.04 Å². The van der Waals surface area contributed by atoms with Crippen LogP contribution in [-0.4, -0.2) is 47.3 Å². The maximum absolute atomic E-state index is 11.4. The van der Waals surface area contributed by atoms with E-state index in [4.69, 9.17) is 15.5 Å². The lowest BCUT2D eigenvalue weighted by Gasteiger charge is -2.17. The molecule has 0 radical (unpaired) electrons. The minimum atomic E-state index is -4.68. The Balaban J connectivity index is 4.37. The predicted molar refractivity (Wildman–Crippen MR) is 57.7 cm³/mol. The Morgan fingerprint density at radius 2 is 2.06 bits per heavy atom. The standard InChI is InChI=1S/C7H16N3O6P/c1-5(11)10-6(4-16-17(13,14)15)7(12)9-3-2-8/h6H,2-4,8H2,1H3,(H,9,12)(H,10,11)(H2,13,14,15)/t6-/m0/s1. The van der Waals surface area contributed by atoms with Crippen LogP contribution in [0.3, 0.4) is 0 Å². The van der Waals surface area contributed by atoms with Crippen LogP contribution in [0.4, 0.5) is 0 Å². The molecule has 1 atom stereocenters. The first-order valence-electron chi connectivity index (χ1n) is 4.71. The van der Waals surface area contributed by atoms with E-state index < -0.39 is 32.3 Å². The quantitative estimate of drug-likeness (QED) is 0.325. The average molecular weight is 269 g/mol. The van der Waals surface area contributed by atoms with Crippen molar-refractivity contribution in [2.45, 2.75) is 13.0 Å². The molecule has 0 saturated carbocycles. The molecule has 0 unspecified atom stereocenters. The molecule has 0 bridgehead atoms. The third kappa shape index (κ3) is 8.78. The lowest BCUT2D eigenvalue weighted by atomic mass is 10.3. The van der Waals surface area contributed by atoms with E-state index in [1.54, 1.807) is 0 Å². The average Bonchev–Trinajstić information content (AvgIpc) is 2.18. The van der Waals surface area contributed by atoms with Gasteiger partial charge in [-0.15, -0.1) is 0 Å². The Morgan fingerprint density at radius 3 is 2.47 bits per heavy atom. The lowest BCUT2D eigenvalue weighted by Crippen LogP contribution is -2.49. The fraction of sp³-hybridized carbons (Fsp3) is 0.714. The smallest absolute Gasteiger partial charge is 0.353 e. The molecule has 0 fully saturated rings. The number of nitrogens with one attached hydrogen (secondary N) is 2. The van der Waals surface area contributed by atoms with E-state index >= 15 is 0 Å². The van der Waals surface area contributed by atoms with E-state index in [9.17, 15) is 14.2 Å². The van der Waals surface area contributed by atoms with Gasteiger partial charge in [0.05, 0.1) is 6.61 Å². The van der Waals surface area contributed by atoms with Crippen LogP contribution in [0.15, 0.2) is 0 Å². The highest BCUT2D eigenvalue weighted by Crippen LogP contribution is 2.35. The summed E-state index contributed by atoms with van der Waals surface area (Å²) in [7, 11) is -4.68. The van der Waals surface area contributed by atoms with E-state index in [0.717, 1.165) is 0 Å².